The van der Waals surface area contributed by atoms with Crippen LogP contribution in [0.5, 0.6) is 0 Å². The van der Waals surface area contributed by atoms with Crippen LogP contribution < -0.4 is 5.32 Å². The SMILES string of the molecule is Cc1ccc(CN(C)C(=O)C2CC3CCCCC3N2)o1. The molecule has 4 heteroatoms. The summed E-state index contributed by atoms with van der Waals surface area (Å²) < 4.78 is 5.55. The second-order valence-electron chi connectivity index (χ2n) is 6.31. The molecular weight excluding hydrogens is 252 g/mol. The second-order valence-corrected chi connectivity index (χ2v) is 6.31. The number of hydrogen-bond acceptors (Lipinski definition) is 3. The summed E-state index contributed by atoms with van der Waals surface area (Å²) in [5, 5.41) is 3.54. The van der Waals surface area contributed by atoms with Crippen molar-refractivity contribution < 1.29 is 9.21 Å². The van der Waals surface area contributed by atoms with Crippen LogP contribution in [0.1, 0.15) is 43.6 Å². The fraction of sp³-hybridized carbons (Fsp3) is 0.688. The van der Waals surface area contributed by atoms with E-state index in [9.17, 15) is 4.79 Å². The predicted octanol–water partition coefficient (Wildman–Crippen LogP) is 2.47. The molecule has 3 rings (SSSR count). The highest BCUT2D eigenvalue weighted by atomic mass is 16.3. The van der Waals surface area contributed by atoms with Crippen LogP contribution in [0.3, 0.4) is 0 Å². The minimum atomic E-state index is 0.00385. The fourth-order valence-corrected chi connectivity index (χ4v) is 3.66. The zero-order valence-electron chi connectivity index (χ0n) is 12.4. The Balaban J connectivity index is 1.58. The van der Waals surface area contributed by atoms with Crippen LogP contribution in [0.25, 0.3) is 0 Å². The highest BCUT2D eigenvalue weighted by molar-refractivity contribution is 5.82. The zero-order valence-corrected chi connectivity index (χ0v) is 12.4. The van der Waals surface area contributed by atoms with Gasteiger partial charge >= 0.3 is 0 Å². The van der Waals surface area contributed by atoms with Gasteiger partial charge in [0.05, 0.1) is 12.6 Å². The van der Waals surface area contributed by atoms with E-state index < -0.39 is 0 Å². The van der Waals surface area contributed by atoms with Gasteiger partial charge in [-0.2, -0.15) is 0 Å². The van der Waals surface area contributed by atoms with Crippen LogP contribution >= 0.6 is 0 Å². The molecule has 110 valence electrons. The molecule has 1 aromatic heterocycles. The van der Waals surface area contributed by atoms with Gasteiger partial charge in [0.15, 0.2) is 0 Å². The van der Waals surface area contributed by atoms with Gasteiger partial charge in [0.1, 0.15) is 11.5 Å². The number of carbonyl (C=O) groups is 1. The monoisotopic (exact) mass is 276 g/mol. The van der Waals surface area contributed by atoms with E-state index in [0.717, 1.165) is 17.9 Å². The Bertz CT molecular complexity index is 469. The summed E-state index contributed by atoms with van der Waals surface area (Å²) in [6.45, 7) is 2.48. The van der Waals surface area contributed by atoms with Crippen molar-refractivity contribution in [2.24, 2.45) is 5.92 Å². The Labute approximate surface area is 120 Å². The lowest BCUT2D eigenvalue weighted by Gasteiger charge is -2.24. The smallest absolute Gasteiger partial charge is 0.239 e. The second kappa shape index (κ2) is 5.60. The van der Waals surface area contributed by atoms with Crippen LogP contribution in [0.2, 0.25) is 0 Å². The molecule has 1 saturated carbocycles. The van der Waals surface area contributed by atoms with E-state index in [1.54, 1.807) is 4.90 Å². The molecule has 4 nitrogen and oxygen atoms in total. The molecule has 2 aliphatic rings. The lowest BCUT2D eigenvalue weighted by atomic mass is 9.85. The number of rotatable bonds is 3. The summed E-state index contributed by atoms with van der Waals surface area (Å²) in [5.74, 6) is 2.66. The van der Waals surface area contributed by atoms with Gasteiger partial charge < -0.3 is 14.6 Å². The van der Waals surface area contributed by atoms with Crippen LogP contribution in [0.15, 0.2) is 16.5 Å². The zero-order chi connectivity index (χ0) is 14.1. The highest BCUT2D eigenvalue weighted by Crippen LogP contribution is 2.33. The van der Waals surface area contributed by atoms with Crippen LogP contribution in [0, 0.1) is 12.8 Å². The van der Waals surface area contributed by atoms with Gasteiger partial charge in [0.25, 0.3) is 0 Å². The number of hydrogen-bond donors (Lipinski definition) is 1. The van der Waals surface area contributed by atoms with E-state index >= 15 is 0 Å². The number of furan rings is 1. The maximum atomic E-state index is 12.5. The molecule has 0 radical (unpaired) electrons. The molecule has 0 bridgehead atoms. The molecule has 1 N–H and O–H groups in total. The molecule has 1 aliphatic heterocycles. The fourth-order valence-electron chi connectivity index (χ4n) is 3.66. The Morgan fingerprint density at radius 1 is 1.40 bits per heavy atom. The first-order chi connectivity index (χ1) is 9.63. The first-order valence-electron chi connectivity index (χ1n) is 7.70. The molecular formula is C16H24N2O2. The number of aryl methyl sites for hydroxylation is 1. The van der Waals surface area contributed by atoms with E-state index in [1.807, 2.05) is 26.1 Å². The summed E-state index contributed by atoms with van der Waals surface area (Å²) in [6, 6.07) is 4.46. The van der Waals surface area contributed by atoms with Crippen LogP contribution in [0.4, 0.5) is 0 Å². The van der Waals surface area contributed by atoms with Crippen LogP contribution in [-0.4, -0.2) is 29.9 Å². The first kappa shape index (κ1) is 13.7. The van der Waals surface area contributed by atoms with Crippen molar-refractivity contribution in [3.8, 4) is 0 Å². The Morgan fingerprint density at radius 2 is 2.20 bits per heavy atom. The van der Waals surface area contributed by atoms with Gasteiger partial charge in [-0.3, -0.25) is 4.79 Å². The molecule has 0 spiro atoms. The maximum absolute atomic E-state index is 12.5. The van der Waals surface area contributed by atoms with E-state index in [0.29, 0.717) is 18.5 Å². The van der Waals surface area contributed by atoms with Crippen molar-refractivity contribution >= 4 is 5.91 Å². The summed E-state index contributed by atoms with van der Waals surface area (Å²) in [6.07, 6.45) is 6.14. The lowest BCUT2D eigenvalue weighted by molar-refractivity contribution is -0.132. The molecule has 1 saturated heterocycles. The normalized spacial score (nSPS) is 29.2. The third-order valence-electron chi connectivity index (χ3n) is 4.73. The van der Waals surface area contributed by atoms with E-state index in [1.165, 1.54) is 25.7 Å². The van der Waals surface area contributed by atoms with Gasteiger partial charge in [-0.05, 0) is 44.2 Å². The van der Waals surface area contributed by atoms with Crippen molar-refractivity contribution in [3.05, 3.63) is 23.7 Å². The molecule has 3 atom stereocenters. The van der Waals surface area contributed by atoms with E-state index in [-0.39, 0.29) is 11.9 Å². The number of fused-ring (bicyclic) bond motifs is 1. The molecule has 3 unspecified atom stereocenters. The quantitative estimate of drug-likeness (QED) is 0.922. The van der Waals surface area contributed by atoms with Crippen molar-refractivity contribution in [3.63, 3.8) is 0 Å². The van der Waals surface area contributed by atoms with Gasteiger partial charge in [0.2, 0.25) is 5.91 Å². The highest BCUT2D eigenvalue weighted by Gasteiger charge is 2.39. The molecule has 1 aromatic rings. The molecule has 1 aliphatic carbocycles. The average molecular weight is 276 g/mol. The van der Waals surface area contributed by atoms with Crippen molar-refractivity contribution in [2.75, 3.05) is 7.05 Å². The van der Waals surface area contributed by atoms with Crippen molar-refractivity contribution in [2.45, 2.75) is 57.7 Å². The summed E-state index contributed by atoms with van der Waals surface area (Å²) >= 11 is 0. The minimum Gasteiger partial charge on any atom is -0.464 e. The van der Waals surface area contributed by atoms with E-state index in [4.69, 9.17) is 4.42 Å². The van der Waals surface area contributed by atoms with Crippen LogP contribution in [-0.2, 0) is 11.3 Å². The van der Waals surface area contributed by atoms with E-state index in [2.05, 4.69) is 5.32 Å². The van der Waals surface area contributed by atoms with Gasteiger partial charge in [-0.1, -0.05) is 12.8 Å². The van der Waals surface area contributed by atoms with Gasteiger partial charge in [0, 0.05) is 13.1 Å². The molecule has 0 aromatic carbocycles. The summed E-state index contributed by atoms with van der Waals surface area (Å²) in [7, 11) is 1.86. The molecule has 1 amide bonds. The molecule has 2 heterocycles. The third-order valence-corrected chi connectivity index (χ3v) is 4.73. The first-order valence-corrected chi connectivity index (χ1v) is 7.70. The number of nitrogens with one attached hydrogen (secondary N) is 1. The topological polar surface area (TPSA) is 45.5 Å². The Morgan fingerprint density at radius 3 is 2.90 bits per heavy atom. The van der Waals surface area contributed by atoms with Gasteiger partial charge in [-0.25, -0.2) is 0 Å². The van der Waals surface area contributed by atoms with Crippen molar-refractivity contribution in [1.29, 1.82) is 0 Å². The third kappa shape index (κ3) is 2.75. The number of nitrogens with zero attached hydrogens (tertiary/aromatic N) is 1. The molecule has 2 fully saturated rings. The standard InChI is InChI=1S/C16H24N2O2/c1-11-7-8-13(20-11)10-18(2)16(19)15-9-12-5-3-4-6-14(12)17-15/h7-8,12,14-15,17H,3-6,9-10H2,1-2H3. The maximum Gasteiger partial charge on any atom is 0.239 e. The summed E-state index contributed by atoms with van der Waals surface area (Å²) in [5.41, 5.74) is 0. The number of likely N-dealkylation sites (N-methyl/N-ethyl adjacent to an activating group) is 1. The number of carbonyl (C=O) groups excluding carboxylic acids is 1. The largest absolute Gasteiger partial charge is 0.464 e. The average Bonchev–Trinajstić information content (AvgIpc) is 3.03. The van der Waals surface area contributed by atoms with Crippen molar-refractivity contribution in [1.82, 2.24) is 10.2 Å². The molecule has 20 heavy (non-hydrogen) atoms. The minimum absolute atomic E-state index is 0.00385. The lowest BCUT2D eigenvalue weighted by Crippen LogP contribution is -2.43. The van der Waals surface area contributed by atoms with Gasteiger partial charge in [-0.15, -0.1) is 0 Å². The number of amides is 1. The predicted molar refractivity (Wildman–Crippen MR) is 77.2 cm³/mol. The summed E-state index contributed by atoms with van der Waals surface area (Å²) in [4.78, 5) is 14.3. The Hall–Kier alpha value is -1.29. The Kier molecular flexibility index (Phi) is 3.83.